The molecule has 2 aromatic heterocycles. The van der Waals surface area contributed by atoms with E-state index in [1.54, 1.807) is 22.8 Å². The van der Waals surface area contributed by atoms with Crippen LogP contribution in [0.2, 0.25) is 0 Å². The Morgan fingerprint density at radius 1 is 1.32 bits per heavy atom. The first kappa shape index (κ1) is 17.4. The number of likely N-dealkylation sites (N-methyl/N-ethyl adjacent to an activating group) is 1. The van der Waals surface area contributed by atoms with Crippen LogP contribution >= 0.6 is 0 Å². The number of nitrogens with zero attached hydrogens (tertiary/aromatic N) is 4. The zero-order chi connectivity index (χ0) is 18.1. The Bertz CT molecular complexity index is 810. The highest BCUT2D eigenvalue weighted by molar-refractivity contribution is 6.07. The summed E-state index contributed by atoms with van der Waals surface area (Å²) in [5.41, 5.74) is 2.21. The standard InChI is InChI=1S/C18H24N4O3/c1-5-21(6-2)18(24)14-8-7-9-22(14)17(23)13-10-11(3)19-16-15(13)12(4)20-25-16/h10,14H,5-9H2,1-4H3/t14-/m0/s1. The number of amides is 2. The van der Waals surface area contributed by atoms with Crippen LogP contribution in [-0.2, 0) is 4.79 Å². The Kier molecular flexibility index (Phi) is 4.74. The molecule has 134 valence electrons. The smallest absolute Gasteiger partial charge is 0.258 e. The molecule has 0 N–H and O–H groups in total. The Morgan fingerprint density at radius 2 is 2.04 bits per heavy atom. The zero-order valence-electron chi connectivity index (χ0n) is 15.2. The molecule has 25 heavy (non-hydrogen) atoms. The van der Waals surface area contributed by atoms with E-state index in [4.69, 9.17) is 4.52 Å². The Balaban J connectivity index is 1.98. The summed E-state index contributed by atoms with van der Waals surface area (Å²) in [6, 6.07) is 1.36. The van der Waals surface area contributed by atoms with Gasteiger partial charge < -0.3 is 14.3 Å². The second kappa shape index (κ2) is 6.82. The second-order valence-electron chi connectivity index (χ2n) is 6.43. The molecule has 7 heteroatoms. The van der Waals surface area contributed by atoms with E-state index in [1.165, 1.54) is 0 Å². The minimum Gasteiger partial charge on any atom is -0.341 e. The number of fused-ring (bicyclic) bond motifs is 1. The molecule has 0 unspecified atom stereocenters. The van der Waals surface area contributed by atoms with Crippen molar-refractivity contribution in [1.29, 1.82) is 0 Å². The van der Waals surface area contributed by atoms with Gasteiger partial charge in [-0.05, 0) is 46.6 Å². The number of rotatable bonds is 4. The van der Waals surface area contributed by atoms with Gasteiger partial charge in [-0.25, -0.2) is 4.98 Å². The molecule has 3 heterocycles. The minimum absolute atomic E-state index is 0.0277. The van der Waals surface area contributed by atoms with E-state index in [0.29, 0.717) is 54.1 Å². The summed E-state index contributed by atoms with van der Waals surface area (Å²) in [6.45, 7) is 9.41. The fraction of sp³-hybridized carbons (Fsp3) is 0.556. The molecule has 0 radical (unpaired) electrons. The van der Waals surface area contributed by atoms with Crippen molar-refractivity contribution in [3.8, 4) is 0 Å². The average Bonchev–Trinajstić information content (AvgIpc) is 3.22. The van der Waals surface area contributed by atoms with Crippen molar-refractivity contribution in [2.45, 2.75) is 46.6 Å². The number of pyridine rings is 1. The van der Waals surface area contributed by atoms with Crippen LogP contribution in [0.25, 0.3) is 11.1 Å². The molecule has 7 nitrogen and oxygen atoms in total. The van der Waals surface area contributed by atoms with Crippen molar-refractivity contribution >= 4 is 22.9 Å². The van der Waals surface area contributed by atoms with Gasteiger partial charge in [0.2, 0.25) is 5.91 Å². The summed E-state index contributed by atoms with van der Waals surface area (Å²) in [7, 11) is 0. The van der Waals surface area contributed by atoms with Crippen molar-refractivity contribution in [2.75, 3.05) is 19.6 Å². The van der Waals surface area contributed by atoms with E-state index in [-0.39, 0.29) is 11.8 Å². The van der Waals surface area contributed by atoms with Crippen LogP contribution in [-0.4, -0.2) is 57.4 Å². The van der Waals surface area contributed by atoms with Gasteiger partial charge in [-0.2, -0.15) is 0 Å². The van der Waals surface area contributed by atoms with E-state index in [9.17, 15) is 9.59 Å². The Hall–Kier alpha value is -2.44. The Morgan fingerprint density at radius 3 is 2.72 bits per heavy atom. The topological polar surface area (TPSA) is 79.5 Å². The lowest BCUT2D eigenvalue weighted by molar-refractivity contribution is -0.134. The fourth-order valence-electron chi connectivity index (χ4n) is 3.55. The third-order valence-electron chi connectivity index (χ3n) is 4.85. The molecule has 0 bridgehead atoms. The molecular formula is C18H24N4O3. The number of aryl methyl sites for hydroxylation is 2. The first-order valence-electron chi connectivity index (χ1n) is 8.81. The molecule has 2 aromatic rings. The van der Waals surface area contributed by atoms with Gasteiger partial charge in [-0.15, -0.1) is 0 Å². The monoisotopic (exact) mass is 344 g/mol. The van der Waals surface area contributed by atoms with Crippen molar-refractivity contribution in [1.82, 2.24) is 19.9 Å². The first-order valence-corrected chi connectivity index (χ1v) is 8.81. The third kappa shape index (κ3) is 2.99. The summed E-state index contributed by atoms with van der Waals surface area (Å²) in [4.78, 5) is 33.8. The van der Waals surface area contributed by atoms with Crippen LogP contribution in [0, 0.1) is 13.8 Å². The number of hydrogen-bond donors (Lipinski definition) is 0. The maximum absolute atomic E-state index is 13.2. The molecule has 3 rings (SSSR count). The van der Waals surface area contributed by atoms with Crippen molar-refractivity contribution in [3.63, 3.8) is 0 Å². The van der Waals surface area contributed by atoms with Crippen molar-refractivity contribution in [2.24, 2.45) is 0 Å². The summed E-state index contributed by atoms with van der Waals surface area (Å²) in [5, 5.41) is 4.57. The molecule has 0 aromatic carbocycles. The fourth-order valence-corrected chi connectivity index (χ4v) is 3.55. The third-order valence-corrected chi connectivity index (χ3v) is 4.85. The minimum atomic E-state index is -0.393. The van der Waals surface area contributed by atoms with Gasteiger partial charge in [0.05, 0.1) is 16.6 Å². The molecule has 0 spiro atoms. The predicted molar refractivity (Wildman–Crippen MR) is 93.3 cm³/mol. The summed E-state index contributed by atoms with van der Waals surface area (Å²) in [5.74, 6) is -0.121. The second-order valence-corrected chi connectivity index (χ2v) is 6.43. The van der Waals surface area contributed by atoms with E-state index in [1.807, 2.05) is 20.8 Å². The van der Waals surface area contributed by atoms with E-state index >= 15 is 0 Å². The van der Waals surface area contributed by atoms with Crippen LogP contribution in [0.15, 0.2) is 10.6 Å². The van der Waals surface area contributed by atoms with Gasteiger partial charge in [0, 0.05) is 25.3 Å². The summed E-state index contributed by atoms with van der Waals surface area (Å²) >= 11 is 0. The summed E-state index contributed by atoms with van der Waals surface area (Å²) in [6.07, 6.45) is 1.54. The van der Waals surface area contributed by atoms with Gasteiger partial charge in [0.25, 0.3) is 11.6 Å². The lowest BCUT2D eigenvalue weighted by Crippen LogP contribution is -2.47. The molecule has 0 saturated carbocycles. The normalized spacial score (nSPS) is 17.3. The average molecular weight is 344 g/mol. The molecule has 1 atom stereocenters. The number of aromatic nitrogens is 2. The van der Waals surface area contributed by atoms with E-state index in [2.05, 4.69) is 10.1 Å². The van der Waals surface area contributed by atoms with Gasteiger partial charge in [0.15, 0.2) is 0 Å². The molecule has 1 fully saturated rings. The number of hydrogen-bond acceptors (Lipinski definition) is 5. The van der Waals surface area contributed by atoms with Crippen molar-refractivity contribution in [3.05, 3.63) is 23.0 Å². The molecule has 1 aliphatic heterocycles. The molecule has 0 aliphatic carbocycles. The maximum atomic E-state index is 13.2. The predicted octanol–water partition coefficient (Wildman–Crippen LogP) is 2.31. The van der Waals surface area contributed by atoms with Gasteiger partial charge in [0.1, 0.15) is 6.04 Å². The highest BCUT2D eigenvalue weighted by atomic mass is 16.5. The van der Waals surface area contributed by atoms with Gasteiger partial charge in [-0.1, -0.05) is 5.16 Å². The molecule has 1 aliphatic rings. The highest BCUT2D eigenvalue weighted by Crippen LogP contribution is 2.27. The largest absolute Gasteiger partial charge is 0.341 e. The lowest BCUT2D eigenvalue weighted by atomic mass is 10.1. The van der Waals surface area contributed by atoms with Gasteiger partial charge >= 0.3 is 0 Å². The SMILES string of the molecule is CCN(CC)C(=O)[C@@H]1CCCN1C(=O)c1cc(C)nc2onc(C)c12. The summed E-state index contributed by atoms with van der Waals surface area (Å²) < 4.78 is 5.22. The number of carbonyl (C=O) groups excluding carboxylic acids is 2. The zero-order valence-corrected chi connectivity index (χ0v) is 15.2. The quantitative estimate of drug-likeness (QED) is 0.850. The van der Waals surface area contributed by atoms with Gasteiger partial charge in [-0.3, -0.25) is 9.59 Å². The van der Waals surface area contributed by atoms with Crippen LogP contribution in [0.1, 0.15) is 48.4 Å². The van der Waals surface area contributed by atoms with Crippen molar-refractivity contribution < 1.29 is 14.1 Å². The lowest BCUT2D eigenvalue weighted by Gasteiger charge is -2.29. The first-order chi connectivity index (χ1) is 12.0. The Labute approximate surface area is 147 Å². The van der Waals surface area contributed by atoms with Crippen LogP contribution in [0.5, 0.6) is 0 Å². The maximum Gasteiger partial charge on any atom is 0.258 e. The van der Waals surface area contributed by atoms with E-state index < -0.39 is 6.04 Å². The number of likely N-dealkylation sites (tertiary alicyclic amines) is 1. The molecule has 1 saturated heterocycles. The van der Waals surface area contributed by atoms with Crippen LogP contribution in [0.3, 0.4) is 0 Å². The molecular weight excluding hydrogens is 320 g/mol. The van der Waals surface area contributed by atoms with Crippen LogP contribution in [0.4, 0.5) is 0 Å². The highest BCUT2D eigenvalue weighted by Gasteiger charge is 2.37. The molecule has 2 amide bonds. The number of carbonyl (C=O) groups is 2. The van der Waals surface area contributed by atoms with E-state index in [0.717, 1.165) is 6.42 Å². The van der Waals surface area contributed by atoms with Crippen LogP contribution < -0.4 is 0 Å².